The Labute approximate surface area is 156 Å². The van der Waals surface area contributed by atoms with Gasteiger partial charge in [-0.1, -0.05) is 42.5 Å². The highest BCUT2D eigenvalue weighted by atomic mass is 32.1. The lowest BCUT2D eigenvalue weighted by Crippen LogP contribution is -2.22. The van der Waals surface area contributed by atoms with Crippen molar-refractivity contribution in [2.75, 3.05) is 7.05 Å². The number of hydrogen-bond acceptors (Lipinski definition) is 5. The third-order valence-corrected chi connectivity index (χ3v) is 4.07. The van der Waals surface area contributed by atoms with Crippen molar-refractivity contribution >= 4 is 12.2 Å². The number of hydrogen-bond donors (Lipinski definition) is 0. The first-order valence-corrected chi connectivity index (χ1v) is 8.65. The van der Waals surface area contributed by atoms with Gasteiger partial charge in [0.15, 0.2) is 17.7 Å². The lowest BCUT2D eigenvalue weighted by atomic mass is 10.2. The summed E-state index contributed by atoms with van der Waals surface area (Å²) < 4.78 is 26.4. The van der Waals surface area contributed by atoms with E-state index in [1.807, 2.05) is 25.2 Å². The fourth-order valence-corrected chi connectivity index (χ4v) is 2.71. The Bertz CT molecular complexity index is 910. The topological polar surface area (TPSA) is 43.4 Å². The number of para-hydroxylation sites is 1. The average Bonchev–Trinajstić information content (AvgIpc) is 2.98. The number of benzene rings is 2. The van der Waals surface area contributed by atoms with Crippen molar-refractivity contribution < 1.29 is 13.5 Å². The van der Waals surface area contributed by atoms with E-state index >= 15 is 0 Å². The zero-order valence-electron chi connectivity index (χ0n) is 14.6. The van der Waals surface area contributed by atoms with Crippen molar-refractivity contribution in [2.45, 2.75) is 26.2 Å². The van der Waals surface area contributed by atoms with Crippen molar-refractivity contribution in [1.82, 2.24) is 14.7 Å². The van der Waals surface area contributed by atoms with Crippen LogP contribution in [-0.2, 0) is 13.2 Å². The molecule has 1 heterocycles. The second-order valence-corrected chi connectivity index (χ2v) is 6.39. The smallest absolute Gasteiger partial charge is 0.288 e. The molecule has 0 unspecified atom stereocenters. The molecule has 0 aliphatic rings. The normalized spacial score (nSPS) is 12.3. The van der Waals surface area contributed by atoms with Crippen molar-refractivity contribution in [1.29, 1.82) is 0 Å². The van der Waals surface area contributed by atoms with Gasteiger partial charge in [-0.2, -0.15) is 0 Å². The third kappa shape index (κ3) is 4.56. The van der Waals surface area contributed by atoms with Crippen LogP contribution >= 0.6 is 12.2 Å². The van der Waals surface area contributed by atoms with Gasteiger partial charge in [-0.3, -0.25) is 4.90 Å². The van der Waals surface area contributed by atoms with Crippen LogP contribution in [0.5, 0.6) is 5.75 Å². The SMILES string of the molecule is C[C@H](Oc1ccccc1F)c1nn(CN(C)Cc2ccccc2)c(=S)o1. The van der Waals surface area contributed by atoms with Crippen LogP contribution in [0.3, 0.4) is 0 Å². The van der Waals surface area contributed by atoms with Crippen LogP contribution in [0.4, 0.5) is 4.39 Å². The van der Waals surface area contributed by atoms with E-state index in [4.69, 9.17) is 21.4 Å². The summed E-state index contributed by atoms with van der Waals surface area (Å²) >= 11 is 5.24. The lowest BCUT2D eigenvalue weighted by molar-refractivity contribution is 0.179. The summed E-state index contributed by atoms with van der Waals surface area (Å²) in [6, 6.07) is 16.3. The molecule has 5 nitrogen and oxygen atoms in total. The predicted octanol–water partition coefficient (Wildman–Crippen LogP) is 4.57. The van der Waals surface area contributed by atoms with E-state index in [2.05, 4.69) is 22.1 Å². The van der Waals surface area contributed by atoms with Gasteiger partial charge in [0.2, 0.25) is 0 Å². The van der Waals surface area contributed by atoms with Crippen LogP contribution < -0.4 is 4.74 Å². The second-order valence-electron chi connectivity index (χ2n) is 6.04. The minimum Gasteiger partial charge on any atom is -0.478 e. The zero-order chi connectivity index (χ0) is 18.5. The average molecular weight is 373 g/mol. The number of halogens is 1. The molecule has 2 aromatic carbocycles. The van der Waals surface area contributed by atoms with Crippen molar-refractivity contribution in [3.8, 4) is 5.75 Å². The molecule has 0 radical (unpaired) electrons. The van der Waals surface area contributed by atoms with Gasteiger partial charge in [0.05, 0.1) is 6.67 Å². The van der Waals surface area contributed by atoms with E-state index in [1.165, 1.54) is 11.6 Å². The maximum absolute atomic E-state index is 13.7. The molecule has 1 atom stereocenters. The van der Waals surface area contributed by atoms with E-state index in [0.717, 1.165) is 6.54 Å². The van der Waals surface area contributed by atoms with Gasteiger partial charge in [-0.05, 0) is 43.9 Å². The molecular weight excluding hydrogens is 353 g/mol. The summed E-state index contributed by atoms with van der Waals surface area (Å²) in [6.07, 6.45) is -0.561. The van der Waals surface area contributed by atoms with Crippen molar-refractivity contribution in [3.63, 3.8) is 0 Å². The molecule has 0 aliphatic carbocycles. The van der Waals surface area contributed by atoms with Crippen LogP contribution in [0.2, 0.25) is 0 Å². The Hall–Kier alpha value is -2.51. The first-order chi connectivity index (χ1) is 12.5. The van der Waals surface area contributed by atoms with Crippen LogP contribution in [0.15, 0.2) is 59.0 Å². The maximum Gasteiger partial charge on any atom is 0.288 e. The van der Waals surface area contributed by atoms with Gasteiger partial charge in [-0.25, -0.2) is 9.07 Å². The van der Waals surface area contributed by atoms with Gasteiger partial charge >= 0.3 is 0 Å². The molecule has 0 N–H and O–H groups in total. The van der Waals surface area contributed by atoms with E-state index < -0.39 is 11.9 Å². The lowest BCUT2D eigenvalue weighted by Gasteiger charge is -2.16. The number of nitrogens with zero attached hydrogens (tertiary/aromatic N) is 3. The van der Waals surface area contributed by atoms with Gasteiger partial charge < -0.3 is 9.15 Å². The van der Waals surface area contributed by atoms with Gasteiger partial charge in [0, 0.05) is 6.54 Å². The quantitative estimate of drug-likeness (QED) is 0.568. The minimum absolute atomic E-state index is 0.150. The Morgan fingerprint density at radius 2 is 1.88 bits per heavy atom. The standard InChI is InChI=1S/C19H20FN3O2S/c1-14(24-17-11-7-6-10-16(17)20)18-21-23(19(26)25-18)13-22(2)12-15-8-4-3-5-9-15/h3-11,14H,12-13H2,1-2H3/t14-/m0/s1. The number of aromatic nitrogens is 2. The van der Waals surface area contributed by atoms with E-state index in [0.29, 0.717) is 12.6 Å². The maximum atomic E-state index is 13.7. The molecule has 3 rings (SSSR count). The monoisotopic (exact) mass is 373 g/mol. The molecular formula is C19H20FN3O2S. The van der Waals surface area contributed by atoms with Crippen molar-refractivity contribution in [2.24, 2.45) is 0 Å². The molecule has 0 aliphatic heterocycles. The summed E-state index contributed by atoms with van der Waals surface area (Å²) in [5.74, 6) is 0.0307. The largest absolute Gasteiger partial charge is 0.478 e. The molecule has 0 amide bonds. The summed E-state index contributed by atoms with van der Waals surface area (Å²) in [5, 5.41) is 4.37. The molecule has 3 aromatic rings. The highest BCUT2D eigenvalue weighted by Crippen LogP contribution is 2.23. The van der Waals surface area contributed by atoms with Gasteiger partial charge in [0.1, 0.15) is 0 Å². The van der Waals surface area contributed by atoms with Gasteiger partial charge in [0.25, 0.3) is 10.7 Å². The molecule has 0 fully saturated rings. The highest BCUT2D eigenvalue weighted by molar-refractivity contribution is 7.71. The molecule has 0 saturated carbocycles. The Balaban J connectivity index is 1.66. The van der Waals surface area contributed by atoms with Crippen LogP contribution in [-0.4, -0.2) is 21.7 Å². The molecule has 7 heteroatoms. The van der Waals surface area contributed by atoms with Crippen LogP contribution in [0, 0.1) is 10.7 Å². The molecule has 26 heavy (non-hydrogen) atoms. The fourth-order valence-electron chi connectivity index (χ4n) is 2.53. The summed E-state index contributed by atoms with van der Waals surface area (Å²) in [4.78, 5) is 2.32. The second kappa shape index (κ2) is 8.25. The van der Waals surface area contributed by atoms with E-state index in [9.17, 15) is 4.39 Å². The van der Waals surface area contributed by atoms with Crippen LogP contribution in [0.1, 0.15) is 24.5 Å². The molecule has 1 aromatic heterocycles. The third-order valence-electron chi connectivity index (χ3n) is 3.78. The molecule has 0 spiro atoms. The fraction of sp³-hybridized carbons (Fsp3) is 0.263. The number of ether oxygens (including phenoxy) is 1. The summed E-state index contributed by atoms with van der Waals surface area (Å²) in [6.45, 7) is 2.97. The first-order valence-electron chi connectivity index (χ1n) is 8.24. The molecule has 0 saturated heterocycles. The first kappa shape index (κ1) is 18.3. The van der Waals surface area contributed by atoms with Crippen LogP contribution in [0.25, 0.3) is 0 Å². The molecule has 136 valence electrons. The van der Waals surface area contributed by atoms with E-state index in [-0.39, 0.29) is 10.6 Å². The zero-order valence-corrected chi connectivity index (χ0v) is 15.4. The highest BCUT2D eigenvalue weighted by Gasteiger charge is 2.17. The Morgan fingerprint density at radius 3 is 2.62 bits per heavy atom. The molecule has 0 bridgehead atoms. The van der Waals surface area contributed by atoms with E-state index in [1.54, 1.807) is 29.8 Å². The summed E-state index contributed by atoms with van der Waals surface area (Å²) in [7, 11) is 1.97. The van der Waals surface area contributed by atoms with Gasteiger partial charge in [-0.15, -0.1) is 5.10 Å². The Morgan fingerprint density at radius 1 is 1.19 bits per heavy atom. The predicted molar refractivity (Wildman–Crippen MR) is 98.7 cm³/mol. The Kier molecular flexibility index (Phi) is 5.80. The van der Waals surface area contributed by atoms with Crippen molar-refractivity contribution in [3.05, 3.63) is 76.7 Å². The summed E-state index contributed by atoms with van der Waals surface area (Å²) in [5.41, 5.74) is 1.20. The minimum atomic E-state index is -0.561. The number of rotatable bonds is 7.